The number of hydrogen-bond acceptors (Lipinski definition) is 0. The average molecular weight is 398 g/mol. The molecular formula is C23H19BF4O. The molecule has 29 heavy (non-hydrogen) atoms. The van der Waals surface area contributed by atoms with Gasteiger partial charge in [-0.1, -0.05) is 78.9 Å². The van der Waals surface area contributed by atoms with Crippen LogP contribution in [0.4, 0.5) is 17.3 Å². The quantitative estimate of drug-likeness (QED) is 0.246. The summed E-state index contributed by atoms with van der Waals surface area (Å²) in [7, 11) is -6.00. The van der Waals surface area contributed by atoms with Crippen LogP contribution < -0.4 is 0 Å². The van der Waals surface area contributed by atoms with Crippen molar-refractivity contribution in [2.75, 3.05) is 6.61 Å². The van der Waals surface area contributed by atoms with Crippen LogP contribution in [0.15, 0.2) is 103 Å². The third-order valence-corrected chi connectivity index (χ3v) is 4.21. The van der Waals surface area contributed by atoms with Crippen molar-refractivity contribution in [2.45, 2.75) is 0 Å². The topological polar surface area (TPSA) is 2.70 Å². The lowest BCUT2D eigenvalue weighted by atomic mass is 9.98. The van der Waals surface area contributed by atoms with E-state index in [0.717, 1.165) is 12.4 Å². The molecule has 0 saturated carbocycles. The monoisotopic (exact) mass is 398 g/mol. The van der Waals surface area contributed by atoms with Gasteiger partial charge in [0, 0.05) is 17.7 Å². The Kier molecular flexibility index (Phi) is 6.55. The minimum atomic E-state index is -6.00. The van der Waals surface area contributed by atoms with Gasteiger partial charge in [0.25, 0.3) is 5.75 Å². The Labute approximate surface area is 167 Å². The zero-order chi connectivity index (χ0) is 20.7. The second kappa shape index (κ2) is 9.28. The van der Waals surface area contributed by atoms with Gasteiger partial charge < -0.3 is 21.6 Å². The third kappa shape index (κ3) is 6.38. The molecule has 3 aromatic carbocycles. The largest absolute Gasteiger partial charge is 0.673 e. The SMILES string of the molecule is C1=C(c2ccccc2)C=C(c2ccccc2)C[O+]1c1ccccc1.F[B-](F)(F)F. The summed E-state index contributed by atoms with van der Waals surface area (Å²) in [4.78, 5) is 0. The van der Waals surface area contributed by atoms with E-state index < -0.39 is 7.25 Å². The summed E-state index contributed by atoms with van der Waals surface area (Å²) in [6.07, 6.45) is 4.45. The van der Waals surface area contributed by atoms with Gasteiger partial charge in [-0.3, -0.25) is 0 Å². The highest BCUT2D eigenvalue weighted by Crippen LogP contribution is 2.36. The number of benzene rings is 3. The van der Waals surface area contributed by atoms with Crippen LogP contribution in [-0.4, -0.2) is 13.9 Å². The van der Waals surface area contributed by atoms with Crippen LogP contribution in [-0.2, 0) is 4.37 Å². The Morgan fingerprint density at radius 2 is 1.07 bits per heavy atom. The summed E-state index contributed by atoms with van der Waals surface area (Å²) < 4.78 is 42.3. The van der Waals surface area contributed by atoms with E-state index in [0.29, 0.717) is 0 Å². The molecule has 0 atom stereocenters. The number of hydrogen-bond donors (Lipinski definition) is 0. The number of halogens is 4. The fraction of sp³-hybridized carbons (Fsp3) is 0.0435. The summed E-state index contributed by atoms with van der Waals surface area (Å²) in [5.41, 5.74) is 4.98. The van der Waals surface area contributed by atoms with Gasteiger partial charge in [-0.15, -0.1) is 0 Å². The lowest BCUT2D eigenvalue weighted by molar-refractivity contribution is 0.0684. The van der Waals surface area contributed by atoms with Crippen molar-refractivity contribution in [1.29, 1.82) is 0 Å². The molecule has 0 N–H and O–H groups in total. The van der Waals surface area contributed by atoms with Gasteiger partial charge in [-0.05, 0) is 17.2 Å². The maximum Gasteiger partial charge on any atom is 0.673 e. The summed E-state index contributed by atoms with van der Waals surface area (Å²) in [5.74, 6) is 1.13. The van der Waals surface area contributed by atoms with Crippen molar-refractivity contribution in [3.05, 3.63) is 114 Å². The molecule has 0 unspecified atom stereocenters. The molecule has 1 aliphatic heterocycles. The van der Waals surface area contributed by atoms with Crippen molar-refractivity contribution < 1.29 is 21.6 Å². The van der Waals surface area contributed by atoms with Gasteiger partial charge in [0.1, 0.15) is 0 Å². The molecule has 0 aromatic heterocycles. The molecule has 3 aromatic rings. The predicted octanol–water partition coefficient (Wildman–Crippen LogP) is 7.39. The van der Waals surface area contributed by atoms with Gasteiger partial charge in [0.2, 0.25) is 12.9 Å². The second-order valence-corrected chi connectivity index (χ2v) is 6.36. The molecule has 1 nitrogen and oxygen atoms in total. The normalized spacial score (nSPS) is 13.7. The van der Waals surface area contributed by atoms with Gasteiger partial charge >= 0.3 is 7.25 Å². The predicted molar refractivity (Wildman–Crippen MR) is 111 cm³/mol. The van der Waals surface area contributed by atoms with Gasteiger partial charge in [0.05, 0.1) is 5.57 Å². The summed E-state index contributed by atoms with van der Waals surface area (Å²) >= 11 is 0. The Bertz CT molecular complexity index is 962. The summed E-state index contributed by atoms with van der Waals surface area (Å²) in [6.45, 7) is 0.796. The second-order valence-electron chi connectivity index (χ2n) is 6.36. The molecule has 0 radical (unpaired) electrons. The van der Waals surface area contributed by atoms with Gasteiger partial charge in [-0.25, -0.2) is 0 Å². The first-order valence-corrected chi connectivity index (χ1v) is 9.05. The van der Waals surface area contributed by atoms with Crippen molar-refractivity contribution in [3.8, 4) is 5.75 Å². The van der Waals surface area contributed by atoms with E-state index in [-0.39, 0.29) is 0 Å². The molecule has 0 aliphatic carbocycles. The highest BCUT2D eigenvalue weighted by Gasteiger charge is 2.21. The first kappa shape index (κ1) is 20.5. The molecule has 0 saturated heterocycles. The van der Waals surface area contributed by atoms with E-state index >= 15 is 0 Å². The summed E-state index contributed by atoms with van der Waals surface area (Å²) in [5, 5.41) is 0. The maximum absolute atomic E-state index is 9.75. The standard InChI is InChI=1S/C23H19O.BF4/c1-4-10-19(11-5-1)21-16-22(20-12-6-2-7-13-20)18-24(17-21)23-14-8-3-9-15-23;2-1(3,4)5/h1-17H,18H2;/q+1;-1. The minimum absolute atomic E-state index is 0.796. The van der Waals surface area contributed by atoms with E-state index in [1.807, 2.05) is 6.07 Å². The maximum atomic E-state index is 9.75. The van der Waals surface area contributed by atoms with Crippen LogP contribution >= 0.6 is 0 Å². The Morgan fingerprint density at radius 3 is 1.59 bits per heavy atom. The molecule has 0 spiro atoms. The molecule has 4 rings (SSSR count). The van der Waals surface area contributed by atoms with Crippen LogP contribution in [0.3, 0.4) is 0 Å². The molecule has 1 aliphatic rings. The average Bonchev–Trinajstić information content (AvgIpc) is 2.74. The molecule has 6 heteroatoms. The van der Waals surface area contributed by atoms with Gasteiger partial charge in [-0.2, -0.15) is 0 Å². The Hall–Kier alpha value is -3.28. The minimum Gasteiger partial charge on any atom is -0.537 e. The molecular weight excluding hydrogens is 379 g/mol. The fourth-order valence-electron chi connectivity index (χ4n) is 2.97. The first-order chi connectivity index (χ1) is 13.9. The van der Waals surface area contributed by atoms with E-state index in [1.165, 1.54) is 22.3 Å². The molecule has 1 heterocycles. The summed E-state index contributed by atoms with van der Waals surface area (Å²) in [6, 6.07) is 31.5. The molecule has 148 valence electrons. The van der Waals surface area contributed by atoms with Crippen LogP contribution in [0.5, 0.6) is 5.75 Å². The van der Waals surface area contributed by atoms with E-state index in [4.69, 9.17) is 0 Å². The number of allylic oxidation sites excluding steroid dienone is 2. The van der Waals surface area contributed by atoms with Crippen molar-refractivity contribution >= 4 is 18.4 Å². The highest BCUT2D eigenvalue weighted by molar-refractivity contribution is 6.50. The highest BCUT2D eigenvalue weighted by atomic mass is 19.5. The molecule has 0 fully saturated rings. The lowest BCUT2D eigenvalue weighted by Gasteiger charge is -2.25. The van der Waals surface area contributed by atoms with E-state index in [2.05, 4.69) is 102 Å². The van der Waals surface area contributed by atoms with E-state index in [1.54, 1.807) is 0 Å². The fourth-order valence-corrected chi connectivity index (χ4v) is 2.97. The molecule has 0 bridgehead atoms. The Morgan fingerprint density at radius 1 is 0.621 bits per heavy atom. The number of rotatable bonds is 3. The Balaban J connectivity index is 0.000000431. The molecule has 0 amide bonds. The van der Waals surface area contributed by atoms with Crippen molar-refractivity contribution in [1.82, 2.24) is 0 Å². The zero-order valence-corrected chi connectivity index (χ0v) is 15.5. The lowest BCUT2D eigenvalue weighted by Crippen LogP contribution is -2.10. The van der Waals surface area contributed by atoms with Crippen molar-refractivity contribution in [3.63, 3.8) is 0 Å². The van der Waals surface area contributed by atoms with E-state index in [9.17, 15) is 17.3 Å². The zero-order valence-electron chi connectivity index (χ0n) is 15.5. The van der Waals surface area contributed by atoms with Crippen LogP contribution in [0.1, 0.15) is 11.1 Å². The number of para-hydroxylation sites is 1. The van der Waals surface area contributed by atoms with Gasteiger partial charge in [0.15, 0.2) is 0 Å². The smallest absolute Gasteiger partial charge is 0.537 e. The first-order valence-electron chi connectivity index (χ1n) is 9.05. The van der Waals surface area contributed by atoms with Crippen LogP contribution in [0.25, 0.3) is 11.1 Å². The van der Waals surface area contributed by atoms with Crippen LogP contribution in [0, 0.1) is 0 Å². The van der Waals surface area contributed by atoms with Crippen molar-refractivity contribution in [2.24, 2.45) is 0 Å². The third-order valence-electron chi connectivity index (χ3n) is 4.21. The van der Waals surface area contributed by atoms with Crippen LogP contribution in [0.2, 0.25) is 0 Å².